The molecule has 0 bridgehead atoms. The number of aryl methyl sites for hydroxylation is 1. The maximum Gasteiger partial charge on any atom is 0.236 e. The van der Waals surface area contributed by atoms with Crippen LogP contribution in [0.4, 0.5) is 5.69 Å². The first kappa shape index (κ1) is 22.4. The Hall–Kier alpha value is -4.36. The van der Waals surface area contributed by atoms with Crippen molar-refractivity contribution in [2.75, 3.05) is 10.5 Å². The second kappa shape index (κ2) is 8.45. The highest BCUT2D eigenvalue weighted by atomic mass is 32.2. The van der Waals surface area contributed by atoms with Crippen molar-refractivity contribution in [1.82, 2.24) is 19.1 Å². The molecule has 5 rings (SSSR count). The number of aromatic hydroxyl groups is 1. The third kappa shape index (κ3) is 3.96. The van der Waals surface area contributed by atoms with Crippen molar-refractivity contribution in [2.24, 2.45) is 7.05 Å². The normalized spacial score (nSPS) is 11.7. The lowest BCUT2D eigenvalue weighted by molar-refractivity contribution is 0.457. The lowest BCUT2D eigenvalue weighted by atomic mass is 10.1. The third-order valence-electron chi connectivity index (χ3n) is 5.96. The van der Waals surface area contributed by atoms with E-state index in [1.165, 1.54) is 6.20 Å². The predicted octanol–water partition coefficient (Wildman–Crippen LogP) is 3.98. The summed E-state index contributed by atoms with van der Waals surface area (Å²) in [5.74, 6) is 0.476. The third-order valence-corrected chi connectivity index (χ3v) is 7.25. The van der Waals surface area contributed by atoms with Crippen LogP contribution < -0.4 is 4.72 Å². The summed E-state index contributed by atoms with van der Waals surface area (Å²) in [7, 11) is -1.69. The molecule has 0 spiro atoms. The number of pyridine rings is 1. The van der Waals surface area contributed by atoms with Crippen LogP contribution >= 0.6 is 0 Å². The summed E-state index contributed by atoms with van der Waals surface area (Å²) in [5.41, 5.74) is 4.53. The molecule has 0 aliphatic heterocycles. The molecule has 2 aromatic carbocycles. The summed E-state index contributed by atoms with van der Waals surface area (Å²) < 4.78 is 31.1. The number of anilines is 1. The van der Waals surface area contributed by atoms with Gasteiger partial charge in [0.1, 0.15) is 16.9 Å². The van der Waals surface area contributed by atoms with Crippen LogP contribution in [-0.2, 0) is 23.6 Å². The lowest BCUT2D eigenvalue weighted by Gasteiger charge is -2.10. The van der Waals surface area contributed by atoms with E-state index in [1.54, 1.807) is 35.8 Å². The molecule has 0 radical (unpaired) electrons. The van der Waals surface area contributed by atoms with E-state index in [2.05, 4.69) is 15.8 Å². The van der Waals surface area contributed by atoms with Crippen LogP contribution in [-0.4, -0.2) is 38.4 Å². The van der Waals surface area contributed by atoms with Gasteiger partial charge in [0, 0.05) is 36.9 Å². The summed E-state index contributed by atoms with van der Waals surface area (Å²) in [4.78, 5) is 8.89. The van der Waals surface area contributed by atoms with Crippen molar-refractivity contribution in [3.63, 3.8) is 0 Å². The minimum Gasteiger partial charge on any atom is -0.492 e. The van der Waals surface area contributed by atoms with E-state index in [9.17, 15) is 13.5 Å². The molecule has 176 valence electrons. The first-order chi connectivity index (χ1) is 16.8. The Morgan fingerprint density at radius 3 is 2.63 bits per heavy atom. The number of sulfonamides is 1. The van der Waals surface area contributed by atoms with Crippen LogP contribution in [0.2, 0.25) is 0 Å². The van der Waals surface area contributed by atoms with Crippen molar-refractivity contribution in [2.45, 2.75) is 13.5 Å². The number of nitrogens with one attached hydrogen (secondary N) is 1. The smallest absolute Gasteiger partial charge is 0.236 e. The zero-order valence-electron chi connectivity index (χ0n) is 19.1. The van der Waals surface area contributed by atoms with Gasteiger partial charge < -0.3 is 14.2 Å². The van der Waals surface area contributed by atoms with Gasteiger partial charge in [-0.05, 0) is 42.8 Å². The van der Waals surface area contributed by atoms with E-state index < -0.39 is 10.0 Å². The number of imidazole rings is 1. The minimum atomic E-state index is -3.51. The highest BCUT2D eigenvalue weighted by Crippen LogP contribution is 2.36. The van der Waals surface area contributed by atoms with Crippen molar-refractivity contribution < 1.29 is 13.5 Å². The van der Waals surface area contributed by atoms with Gasteiger partial charge in [-0.1, -0.05) is 18.2 Å². The number of nitrogens with zero attached hydrogens (tertiary/aromatic N) is 5. The van der Waals surface area contributed by atoms with Gasteiger partial charge in [-0.3, -0.25) is 4.72 Å². The average Bonchev–Trinajstić information content (AvgIpc) is 3.38. The average molecular weight is 487 g/mol. The molecule has 9 nitrogen and oxygen atoms in total. The molecule has 0 aliphatic carbocycles. The fourth-order valence-electron chi connectivity index (χ4n) is 4.22. The predicted molar refractivity (Wildman–Crippen MR) is 134 cm³/mol. The molecule has 3 aromatic heterocycles. The molecule has 5 aromatic rings. The van der Waals surface area contributed by atoms with Crippen molar-refractivity contribution in [3.8, 4) is 23.3 Å². The highest BCUT2D eigenvalue weighted by molar-refractivity contribution is 7.92. The summed E-state index contributed by atoms with van der Waals surface area (Å²) in [5, 5.41) is 20.3. The van der Waals surface area contributed by atoms with Gasteiger partial charge in [-0.15, -0.1) is 0 Å². The molecule has 10 heteroatoms. The van der Waals surface area contributed by atoms with Gasteiger partial charge >= 0.3 is 0 Å². The number of aromatic nitrogens is 4. The number of hydrogen-bond acceptors (Lipinski definition) is 6. The van der Waals surface area contributed by atoms with Gasteiger partial charge in [-0.2, -0.15) is 5.26 Å². The number of para-hydroxylation sites is 1. The van der Waals surface area contributed by atoms with Crippen molar-refractivity contribution in [3.05, 3.63) is 72.1 Å². The SMILES string of the molecule is CCS(=O)(=O)Nc1cccc2c1nc(-c1cn(C)c3c(O)nccc13)n2Cc1ccc(C#N)cc1. The molecule has 0 saturated heterocycles. The monoisotopic (exact) mass is 486 g/mol. The number of fused-ring (bicyclic) bond motifs is 2. The summed E-state index contributed by atoms with van der Waals surface area (Å²) in [6.45, 7) is 2.02. The van der Waals surface area contributed by atoms with E-state index >= 15 is 0 Å². The van der Waals surface area contributed by atoms with Gasteiger partial charge in [0.2, 0.25) is 15.9 Å². The second-order valence-electron chi connectivity index (χ2n) is 8.19. The Morgan fingerprint density at radius 2 is 1.91 bits per heavy atom. The van der Waals surface area contributed by atoms with E-state index in [-0.39, 0.29) is 11.6 Å². The van der Waals surface area contributed by atoms with E-state index in [0.29, 0.717) is 34.7 Å². The fourth-order valence-corrected chi connectivity index (χ4v) is 4.86. The van der Waals surface area contributed by atoms with Crippen LogP contribution in [0.5, 0.6) is 5.88 Å². The van der Waals surface area contributed by atoms with Gasteiger partial charge in [-0.25, -0.2) is 18.4 Å². The van der Waals surface area contributed by atoms with Gasteiger partial charge in [0.25, 0.3) is 0 Å². The van der Waals surface area contributed by atoms with Crippen LogP contribution in [0.1, 0.15) is 18.1 Å². The maximum absolute atomic E-state index is 12.3. The Bertz CT molecular complexity index is 1730. The molecule has 2 N–H and O–H groups in total. The number of benzene rings is 2. The lowest BCUT2D eigenvalue weighted by Crippen LogP contribution is -2.14. The summed E-state index contributed by atoms with van der Waals surface area (Å²) >= 11 is 0. The fraction of sp³-hybridized carbons (Fsp3) is 0.160. The first-order valence-electron chi connectivity index (χ1n) is 10.9. The standard InChI is InChI=1S/C25H22N6O3S/c1-3-35(33,34)29-20-5-4-6-21-22(20)28-24(31(21)14-17-9-7-16(13-26)8-10-17)19-15-30(2)23-18(19)11-12-27-25(23)32/h4-12,15,29H,3,14H2,1-2H3,(H,27,32). The minimum absolute atomic E-state index is 0.0577. The van der Waals surface area contributed by atoms with E-state index in [1.807, 2.05) is 42.1 Å². The first-order valence-corrected chi connectivity index (χ1v) is 12.6. The molecular weight excluding hydrogens is 464 g/mol. The molecule has 3 heterocycles. The summed E-state index contributed by atoms with van der Waals surface area (Å²) in [6, 6.07) is 16.6. The quantitative estimate of drug-likeness (QED) is 0.374. The van der Waals surface area contributed by atoms with Crippen LogP contribution in [0.15, 0.2) is 60.9 Å². The second-order valence-corrected chi connectivity index (χ2v) is 10.2. The number of rotatable bonds is 6. The Balaban J connectivity index is 1.77. The molecule has 0 unspecified atom stereocenters. The molecule has 0 saturated carbocycles. The highest BCUT2D eigenvalue weighted by Gasteiger charge is 2.21. The van der Waals surface area contributed by atoms with E-state index in [4.69, 9.17) is 10.2 Å². The molecular formula is C25H22N6O3S. The Morgan fingerprint density at radius 1 is 1.14 bits per heavy atom. The Labute approximate surface area is 202 Å². The largest absolute Gasteiger partial charge is 0.492 e. The molecule has 0 atom stereocenters. The summed E-state index contributed by atoms with van der Waals surface area (Å²) in [6.07, 6.45) is 3.41. The van der Waals surface area contributed by atoms with Gasteiger partial charge in [0.05, 0.1) is 28.6 Å². The van der Waals surface area contributed by atoms with Crippen LogP contribution in [0.3, 0.4) is 0 Å². The Kier molecular flexibility index (Phi) is 5.42. The van der Waals surface area contributed by atoms with Gasteiger partial charge in [0.15, 0.2) is 0 Å². The number of hydrogen-bond donors (Lipinski definition) is 2. The maximum atomic E-state index is 12.3. The molecule has 35 heavy (non-hydrogen) atoms. The van der Waals surface area contributed by atoms with E-state index in [0.717, 1.165) is 22.0 Å². The van der Waals surface area contributed by atoms with Crippen LogP contribution in [0, 0.1) is 11.3 Å². The topological polar surface area (TPSA) is 126 Å². The molecule has 0 fully saturated rings. The zero-order chi connectivity index (χ0) is 24.7. The molecule has 0 aliphatic rings. The zero-order valence-corrected chi connectivity index (χ0v) is 19.9. The van der Waals surface area contributed by atoms with Crippen LogP contribution in [0.25, 0.3) is 33.3 Å². The van der Waals surface area contributed by atoms with Crippen molar-refractivity contribution >= 4 is 37.6 Å². The number of nitriles is 1. The van der Waals surface area contributed by atoms with Crippen molar-refractivity contribution in [1.29, 1.82) is 5.26 Å². The molecule has 0 amide bonds.